The van der Waals surface area contributed by atoms with Crippen LogP contribution < -0.4 is 5.73 Å². The fourth-order valence-corrected chi connectivity index (χ4v) is 5.98. The van der Waals surface area contributed by atoms with Crippen molar-refractivity contribution in [3.63, 3.8) is 0 Å². The summed E-state index contributed by atoms with van der Waals surface area (Å²) in [5, 5.41) is 10.7. The zero-order valence-corrected chi connectivity index (χ0v) is 20.5. The smallest absolute Gasteiger partial charge is 0.269 e. The number of rotatable bonds is 3. The number of nitrogens with two attached hydrogens (primary N) is 1. The first-order chi connectivity index (χ1) is 17.7. The van der Waals surface area contributed by atoms with E-state index in [4.69, 9.17) is 10.7 Å². The lowest BCUT2D eigenvalue weighted by molar-refractivity contribution is -0.138. The largest absolute Gasteiger partial charge is 0.369 e. The number of primary amides is 1. The van der Waals surface area contributed by atoms with Crippen LogP contribution in [0.3, 0.4) is 0 Å². The van der Waals surface area contributed by atoms with Crippen LogP contribution in [0.2, 0.25) is 0 Å². The summed E-state index contributed by atoms with van der Waals surface area (Å²) in [7, 11) is 1.65. The van der Waals surface area contributed by atoms with Gasteiger partial charge in [0.15, 0.2) is 0 Å². The lowest BCUT2D eigenvalue weighted by Crippen LogP contribution is -2.50. The highest BCUT2D eigenvalue weighted by atomic mass is 16.3. The van der Waals surface area contributed by atoms with E-state index in [1.54, 1.807) is 7.05 Å². The molecule has 9 heteroatoms. The molecule has 1 aromatic heterocycles. The van der Waals surface area contributed by atoms with Gasteiger partial charge in [0.25, 0.3) is 11.8 Å². The Morgan fingerprint density at radius 3 is 2.62 bits per heavy atom. The minimum absolute atomic E-state index is 0.00744. The molecule has 188 valence electrons. The Balaban J connectivity index is 1.28. The van der Waals surface area contributed by atoms with Gasteiger partial charge < -0.3 is 25.2 Å². The SMILES string of the molecule is CN1CC[C@](O)(C#Cc2ccc3c(c2)-c2nc(C(N)=O)c(C4CN(C(=O)C5CC5)C4)n2C2C=C3C2)C1=O. The van der Waals surface area contributed by atoms with Crippen molar-refractivity contribution >= 4 is 23.3 Å². The molecule has 3 fully saturated rings. The summed E-state index contributed by atoms with van der Waals surface area (Å²) in [5.74, 6) is 5.86. The first kappa shape index (κ1) is 22.3. The molecule has 8 rings (SSSR count). The fourth-order valence-electron chi connectivity index (χ4n) is 5.98. The Labute approximate surface area is 213 Å². The molecule has 2 saturated heterocycles. The van der Waals surface area contributed by atoms with Gasteiger partial charge in [-0.2, -0.15) is 0 Å². The second-order valence-corrected chi connectivity index (χ2v) is 10.9. The molecule has 2 bridgehead atoms. The summed E-state index contributed by atoms with van der Waals surface area (Å²) in [6, 6.07) is 5.85. The van der Waals surface area contributed by atoms with Crippen molar-refractivity contribution in [3.8, 4) is 23.2 Å². The number of amides is 3. The Kier molecular flexibility index (Phi) is 4.56. The average Bonchev–Trinajstić information content (AvgIpc) is 3.59. The maximum atomic E-state index is 12.5. The zero-order chi connectivity index (χ0) is 25.6. The number of nitrogens with zero attached hydrogens (tertiary/aromatic N) is 4. The van der Waals surface area contributed by atoms with E-state index >= 15 is 0 Å². The van der Waals surface area contributed by atoms with Crippen LogP contribution in [0.25, 0.3) is 17.0 Å². The molecule has 6 aliphatic rings. The Hall–Kier alpha value is -3.90. The van der Waals surface area contributed by atoms with Gasteiger partial charge in [-0.1, -0.05) is 24.0 Å². The highest BCUT2D eigenvalue weighted by Gasteiger charge is 2.45. The molecule has 1 saturated carbocycles. The minimum atomic E-state index is -1.68. The van der Waals surface area contributed by atoms with Crippen LogP contribution in [0, 0.1) is 17.8 Å². The molecule has 2 aliphatic carbocycles. The molecule has 4 aliphatic heterocycles. The fraction of sp³-hybridized carbons (Fsp3) is 0.429. The number of aliphatic hydroxyl groups is 1. The lowest BCUT2D eigenvalue weighted by atomic mass is 9.85. The number of likely N-dealkylation sites (tertiary alicyclic amines) is 2. The van der Waals surface area contributed by atoms with Crippen molar-refractivity contribution in [1.29, 1.82) is 0 Å². The molecule has 1 aromatic carbocycles. The molecule has 37 heavy (non-hydrogen) atoms. The molecule has 0 spiro atoms. The molecule has 5 heterocycles. The third kappa shape index (κ3) is 3.28. The molecule has 3 amide bonds. The summed E-state index contributed by atoms with van der Waals surface area (Å²) in [5.41, 5.74) is 8.93. The summed E-state index contributed by atoms with van der Waals surface area (Å²) < 4.78 is 2.12. The summed E-state index contributed by atoms with van der Waals surface area (Å²) >= 11 is 0. The number of hydrogen-bond donors (Lipinski definition) is 2. The number of imidazole rings is 1. The van der Waals surface area contributed by atoms with Crippen LogP contribution in [0.1, 0.15) is 65.0 Å². The number of allylic oxidation sites excluding steroid dienone is 2. The monoisotopic (exact) mass is 497 g/mol. The second-order valence-electron chi connectivity index (χ2n) is 10.9. The van der Waals surface area contributed by atoms with Crippen LogP contribution in [-0.2, 0) is 9.59 Å². The molecule has 2 atom stereocenters. The minimum Gasteiger partial charge on any atom is -0.369 e. The van der Waals surface area contributed by atoms with E-state index in [2.05, 4.69) is 22.5 Å². The van der Waals surface area contributed by atoms with Gasteiger partial charge in [0.2, 0.25) is 11.5 Å². The number of carbonyl (C=O) groups excluding carboxylic acids is 3. The Bertz CT molecular complexity index is 1500. The predicted octanol–water partition coefficient (Wildman–Crippen LogP) is 1.27. The molecule has 0 radical (unpaired) electrons. The molecule has 9 nitrogen and oxygen atoms in total. The van der Waals surface area contributed by atoms with Gasteiger partial charge >= 0.3 is 0 Å². The summed E-state index contributed by atoms with van der Waals surface area (Å²) in [6.07, 6.45) is 5.22. The van der Waals surface area contributed by atoms with Gasteiger partial charge in [0, 0.05) is 56.1 Å². The van der Waals surface area contributed by atoms with Crippen molar-refractivity contribution in [3.05, 3.63) is 46.8 Å². The highest BCUT2D eigenvalue weighted by molar-refractivity contribution is 5.95. The molecule has 2 aromatic rings. The van der Waals surface area contributed by atoms with E-state index in [1.165, 1.54) is 10.5 Å². The van der Waals surface area contributed by atoms with Crippen LogP contribution >= 0.6 is 0 Å². The third-order valence-electron chi connectivity index (χ3n) is 8.37. The lowest BCUT2D eigenvalue weighted by Gasteiger charge is -2.41. The van der Waals surface area contributed by atoms with Crippen LogP contribution in [-0.4, -0.2) is 74.5 Å². The van der Waals surface area contributed by atoms with Gasteiger partial charge in [0.05, 0.1) is 11.7 Å². The Morgan fingerprint density at radius 2 is 1.97 bits per heavy atom. The molecule has 3 N–H and O–H groups in total. The normalized spacial score (nSPS) is 25.7. The maximum absolute atomic E-state index is 12.5. The van der Waals surface area contributed by atoms with Gasteiger partial charge in [-0.25, -0.2) is 4.98 Å². The number of aromatic nitrogens is 2. The van der Waals surface area contributed by atoms with Gasteiger partial charge in [-0.15, -0.1) is 0 Å². The van der Waals surface area contributed by atoms with Crippen molar-refractivity contribution in [2.75, 3.05) is 26.7 Å². The zero-order valence-electron chi connectivity index (χ0n) is 20.5. The quantitative estimate of drug-likeness (QED) is 0.619. The summed E-state index contributed by atoms with van der Waals surface area (Å²) in [4.78, 5) is 45.5. The average molecular weight is 498 g/mol. The predicted molar refractivity (Wildman–Crippen MR) is 134 cm³/mol. The van der Waals surface area contributed by atoms with Crippen LogP contribution in [0.5, 0.6) is 0 Å². The van der Waals surface area contributed by atoms with E-state index in [0.717, 1.165) is 36.1 Å². The van der Waals surface area contributed by atoms with Gasteiger partial charge in [-0.05, 0) is 42.5 Å². The maximum Gasteiger partial charge on any atom is 0.269 e. The van der Waals surface area contributed by atoms with Crippen molar-refractivity contribution in [2.24, 2.45) is 11.7 Å². The first-order valence-electron chi connectivity index (χ1n) is 12.8. The van der Waals surface area contributed by atoms with Gasteiger partial charge in [-0.3, -0.25) is 14.4 Å². The van der Waals surface area contributed by atoms with Crippen molar-refractivity contribution in [2.45, 2.75) is 43.2 Å². The van der Waals surface area contributed by atoms with E-state index < -0.39 is 11.5 Å². The number of benzene rings is 1. The second kappa shape index (κ2) is 7.56. The Morgan fingerprint density at radius 1 is 1.22 bits per heavy atom. The van der Waals surface area contributed by atoms with E-state index in [-0.39, 0.29) is 41.8 Å². The third-order valence-corrected chi connectivity index (χ3v) is 8.37. The van der Waals surface area contributed by atoms with Gasteiger partial charge in [0.1, 0.15) is 11.5 Å². The van der Waals surface area contributed by atoms with E-state index in [9.17, 15) is 19.5 Å². The van der Waals surface area contributed by atoms with E-state index in [1.807, 2.05) is 23.1 Å². The van der Waals surface area contributed by atoms with Crippen LogP contribution in [0.15, 0.2) is 24.3 Å². The van der Waals surface area contributed by atoms with Crippen LogP contribution in [0.4, 0.5) is 0 Å². The number of carbonyl (C=O) groups is 3. The van der Waals surface area contributed by atoms with Crippen molar-refractivity contribution in [1.82, 2.24) is 19.4 Å². The highest BCUT2D eigenvalue weighted by Crippen LogP contribution is 2.49. The van der Waals surface area contributed by atoms with Crippen molar-refractivity contribution < 1.29 is 19.5 Å². The number of likely N-dealkylation sites (N-methyl/N-ethyl adjacent to an activating group) is 1. The molecular formula is C28H27N5O4. The molecular weight excluding hydrogens is 470 g/mol. The standard InChI is InChI=1S/C28H27N5O4/c1-31-9-8-28(37,27(31)36)7-6-15-2-5-20-17-11-19(12-17)33-23(18-13-32(14-18)26(35)16-3-4-16)22(24(29)34)30-25(33)21(20)10-15/h2,5,10-11,16,18-19,37H,3-4,8-9,12-14H2,1H3,(H2,29,34)/t19?,28-/m1/s1. The number of hydrogen-bond acceptors (Lipinski definition) is 5. The first-order valence-corrected chi connectivity index (χ1v) is 12.8. The molecule has 1 unspecified atom stereocenters. The summed E-state index contributed by atoms with van der Waals surface area (Å²) in [6.45, 7) is 1.61. The topological polar surface area (TPSA) is 122 Å². The van der Waals surface area contributed by atoms with E-state index in [0.29, 0.717) is 31.0 Å².